The minimum atomic E-state index is -1.77. The summed E-state index contributed by atoms with van der Waals surface area (Å²) in [5, 5.41) is 72.2. The third kappa shape index (κ3) is 29.2. The van der Waals surface area contributed by atoms with Gasteiger partial charge in [-0.2, -0.15) is 0 Å². The Morgan fingerprint density at radius 3 is 1.37 bits per heavy atom. The summed E-state index contributed by atoms with van der Waals surface area (Å²) in [6.07, 6.45) is 29.9. The summed E-state index contributed by atoms with van der Waals surface area (Å²) < 4.78 is 33.6. The van der Waals surface area contributed by atoms with Crippen LogP contribution < -0.4 is 0 Å². The predicted molar refractivity (Wildman–Crippen MR) is 270 cm³/mol. The van der Waals surface area contributed by atoms with Crippen molar-refractivity contribution in [2.75, 3.05) is 26.4 Å². The Hall–Kier alpha value is -2.54. The summed E-state index contributed by atoms with van der Waals surface area (Å²) >= 11 is 0. The van der Waals surface area contributed by atoms with E-state index in [1.165, 1.54) is 89.9 Å². The maximum Gasteiger partial charge on any atom is 0.306 e. The van der Waals surface area contributed by atoms with Crippen LogP contribution in [-0.2, 0) is 38.0 Å². The molecule has 2 saturated heterocycles. The smallest absolute Gasteiger partial charge is 0.306 e. The molecule has 0 bridgehead atoms. The first kappa shape index (κ1) is 63.6. The Labute approximate surface area is 420 Å². The third-order valence-electron chi connectivity index (χ3n) is 12.8. The lowest BCUT2D eigenvalue weighted by Crippen LogP contribution is -2.61. The van der Waals surface area contributed by atoms with E-state index in [1.54, 1.807) is 0 Å². The Morgan fingerprint density at radius 2 is 0.857 bits per heavy atom. The van der Waals surface area contributed by atoms with Crippen LogP contribution in [0.1, 0.15) is 194 Å². The second-order valence-electron chi connectivity index (χ2n) is 19.1. The molecule has 15 nitrogen and oxygen atoms in total. The van der Waals surface area contributed by atoms with Crippen molar-refractivity contribution >= 4 is 11.9 Å². The molecule has 2 aliphatic heterocycles. The normalized spacial score (nSPS) is 25.7. The number of ether oxygens (including phenoxy) is 6. The van der Waals surface area contributed by atoms with Gasteiger partial charge in [0.15, 0.2) is 18.7 Å². The van der Waals surface area contributed by atoms with Gasteiger partial charge in [-0.15, -0.1) is 0 Å². The molecular weight excluding hydrogens is 901 g/mol. The molecule has 2 heterocycles. The zero-order valence-corrected chi connectivity index (χ0v) is 43.0. The highest BCUT2D eigenvalue weighted by Crippen LogP contribution is 2.26. The van der Waals surface area contributed by atoms with Crippen molar-refractivity contribution in [2.24, 2.45) is 0 Å². The van der Waals surface area contributed by atoms with Crippen LogP contribution in [0.5, 0.6) is 0 Å². The SMILES string of the molecule is CCCCC/C=C/C/C=C/C/C=C/C/C=C/CCCCCC(=O)OC[C@@H](CO[C@@H]1O[C@H](CO[C@@H]2O[C@H](CO)[C@H](O)C(O)C2O)[C@H](O)C(O)C1O)OC(=O)CCCCCCCCCCCCCCCCC. The first-order valence-electron chi connectivity index (χ1n) is 27.2. The van der Waals surface area contributed by atoms with Crippen LogP contribution in [0, 0.1) is 0 Å². The molecule has 2 rings (SSSR count). The highest BCUT2D eigenvalue weighted by Gasteiger charge is 2.47. The average molecular weight is 997 g/mol. The number of unbranched alkanes of at least 4 members (excludes halogenated alkanes) is 20. The fraction of sp³-hybridized carbons (Fsp3) is 0.818. The van der Waals surface area contributed by atoms with Crippen molar-refractivity contribution in [1.82, 2.24) is 0 Å². The number of carbonyl (C=O) groups excluding carboxylic acids is 2. The minimum Gasteiger partial charge on any atom is -0.462 e. The highest BCUT2D eigenvalue weighted by atomic mass is 16.7. The Bertz CT molecular complexity index is 1400. The van der Waals surface area contributed by atoms with E-state index in [0.717, 1.165) is 64.2 Å². The topological polar surface area (TPSA) is 231 Å². The summed E-state index contributed by atoms with van der Waals surface area (Å²) in [6.45, 7) is 2.54. The van der Waals surface area contributed by atoms with Crippen molar-refractivity contribution < 1.29 is 73.8 Å². The number of esters is 2. The van der Waals surface area contributed by atoms with Gasteiger partial charge in [-0.05, 0) is 57.8 Å². The van der Waals surface area contributed by atoms with Gasteiger partial charge in [0.1, 0.15) is 55.4 Å². The number of aliphatic hydroxyl groups is 7. The standard InChI is InChI=1S/C55H96O15/c1-3-5-7-9-11-13-15-17-19-20-21-22-24-25-27-29-31-33-35-37-46(57)65-40-43(68-47(58)38-36-34-32-30-28-26-23-18-16-14-12-10-8-6-4-2)41-66-54-53(64)51(62)49(60)45(70-54)42-67-55-52(63)50(61)48(59)44(39-56)69-55/h11,13,17,19,21-22,25,27,43-45,48-56,59-64H,3-10,12,14-16,18,20,23-24,26,28-42H2,1-2H3/b13-11+,19-17+,22-21+,27-25+/t43-,44+,45+,48-,49-,50?,51?,52?,53?,54+,55+/m0/s1. The van der Waals surface area contributed by atoms with Crippen molar-refractivity contribution in [3.8, 4) is 0 Å². The average Bonchev–Trinajstić information content (AvgIpc) is 3.35. The summed E-state index contributed by atoms with van der Waals surface area (Å²) in [5.41, 5.74) is 0. The van der Waals surface area contributed by atoms with Gasteiger partial charge in [0.05, 0.1) is 19.8 Å². The zero-order chi connectivity index (χ0) is 51.0. The fourth-order valence-electron chi connectivity index (χ4n) is 8.32. The lowest BCUT2D eigenvalue weighted by molar-refractivity contribution is -0.332. The molecule has 4 unspecified atom stereocenters. The van der Waals surface area contributed by atoms with Gasteiger partial charge in [-0.1, -0.05) is 172 Å². The maximum absolute atomic E-state index is 13.0. The van der Waals surface area contributed by atoms with Crippen molar-refractivity contribution in [1.29, 1.82) is 0 Å². The largest absolute Gasteiger partial charge is 0.462 e. The van der Waals surface area contributed by atoms with Crippen molar-refractivity contribution in [3.63, 3.8) is 0 Å². The lowest BCUT2D eigenvalue weighted by atomic mass is 9.98. The first-order chi connectivity index (χ1) is 34.0. The quantitative estimate of drug-likeness (QED) is 0.0173. The van der Waals surface area contributed by atoms with E-state index >= 15 is 0 Å². The molecule has 0 radical (unpaired) electrons. The fourth-order valence-corrected chi connectivity index (χ4v) is 8.32. The molecule has 406 valence electrons. The molecule has 0 aromatic heterocycles. The molecule has 0 aromatic carbocycles. The molecule has 15 heteroatoms. The lowest BCUT2D eigenvalue weighted by Gasteiger charge is -2.42. The van der Waals surface area contributed by atoms with Gasteiger partial charge in [0.2, 0.25) is 0 Å². The Balaban J connectivity index is 1.80. The van der Waals surface area contributed by atoms with E-state index in [0.29, 0.717) is 12.8 Å². The maximum atomic E-state index is 13.0. The van der Waals surface area contributed by atoms with Crippen molar-refractivity contribution in [2.45, 2.75) is 261 Å². The summed E-state index contributed by atoms with van der Waals surface area (Å²) in [5.74, 6) is -0.957. The van der Waals surface area contributed by atoms with Crippen LogP contribution in [-0.4, -0.2) is 142 Å². The Kier molecular flexibility index (Phi) is 38.0. The zero-order valence-electron chi connectivity index (χ0n) is 43.0. The van der Waals surface area contributed by atoms with Gasteiger partial charge in [0, 0.05) is 12.8 Å². The van der Waals surface area contributed by atoms with E-state index in [1.807, 2.05) is 0 Å². The van der Waals surface area contributed by atoms with E-state index in [9.17, 15) is 45.3 Å². The van der Waals surface area contributed by atoms with E-state index in [-0.39, 0.29) is 19.4 Å². The number of aliphatic hydroxyl groups excluding tert-OH is 7. The van der Waals surface area contributed by atoms with Crippen LogP contribution in [0.3, 0.4) is 0 Å². The molecule has 70 heavy (non-hydrogen) atoms. The van der Waals surface area contributed by atoms with Crippen LogP contribution in [0.25, 0.3) is 0 Å². The van der Waals surface area contributed by atoms with Crippen LogP contribution in [0.4, 0.5) is 0 Å². The molecule has 0 aromatic rings. The van der Waals surface area contributed by atoms with Gasteiger partial charge in [-0.3, -0.25) is 9.59 Å². The first-order valence-corrected chi connectivity index (χ1v) is 27.2. The second-order valence-corrected chi connectivity index (χ2v) is 19.1. The molecule has 7 N–H and O–H groups in total. The number of carbonyl (C=O) groups is 2. The number of rotatable bonds is 42. The van der Waals surface area contributed by atoms with Gasteiger partial charge < -0.3 is 64.2 Å². The highest BCUT2D eigenvalue weighted by molar-refractivity contribution is 5.70. The third-order valence-corrected chi connectivity index (χ3v) is 12.8. The predicted octanol–water partition coefficient (Wildman–Crippen LogP) is 8.27. The van der Waals surface area contributed by atoms with Crippen LogP contribution in [0.2, 0.25) is 0 Å². The van der Waals surface area contributed by atoms with E-state index < -0.39 is 99.3 Å². The van der Waals surface area contributed by atoms with Gasteiger partial charge >= 0.3 is 11.9 Å². The second kappa shape index (κ2) is 41.9. The van der Waals surface area contributed by atoms with Gasteiger partial charge in [-0.25, -0.2) is 0 Å². The van der Waals surface area contributed by atoms with Gasteiger partial charge in [0.25, 0.3) is 0 Å². The molecule has 0 aliphatic carbocycles. The molecular formula is C55H96O15. The summed E-state index contributed by atoms with van der Waals surface area (Å²) in [6, 6.07) is 0. The van der Waals surface area contributed by atoms with E-state index in [2.05, 4.69) is 62.5 Å². The number of allylic oxidation sites excluding steroid dienone is 8. The molecule has 11 atom stereocenters. The Morgan fingerprint density at radius 1 is 0.457 bits per heavy atom. The monoisotopic (exact) mass is 997 g/mol. The molecule has 0 saturated carbocycles. The molecule has 0 spiro atoms. The summed E-state index contributed by atoms with van der Waals surface area (Å²) in [7, 11) is 0. The molecule has 0 amide bonds. The van der Waals surface area contributed by atoms with E-state index in [4.69, 9.17) is 28.4 Å². The minimum absolute atomic E-state index is 0.160. The number of hydrogen-bond donors (Lipinski definition) is 7. The molecule has 2 fully saturated rings. The van der Waals surface area contributed by atoms with Crippen LogP contribution >= 0.6 is 0 Å². The summed E-state index contributed by atoms with van der Waals surface area (Å²) in [4.78, 5) is 25.8. The van der Waals surface area contributed by atoms with Crippen LogP contribution in [0.15, 0.2) is 48.6 Å². The molecule has 2 aliphatic rings. The van der Waals surface area contributed by atoms with Crippen molar-refractivity contribution in [3.05, 3.63) is 48.6 Å². The number of hydrogen-bond acceptors (Lipinski definition) is 15.